The van der Waals surface area contributed by atoms with Crippen molar-refractivity contribution in [2.75, 3.05) is 19.8 Å². The van der Waals surface area contributed by atoms with Crippen molar-refractivity contribution in [2.24, 2.45) is 5.92 Å². The Bertz CT molecular complexity index is 325. The lowest BCUT2D eigenvalue weighted by atomic mass is 9.94. The highest BCUT2D eigenvalue weighted by atomic mass is 16.5. The third kappa shape index (κ3) is 3.93. The quantitative estimate of drug-likeness (QED) is 0.824. The second-order valence-corrected chi connectivity index (χ2v) is 5.53. The Morgan fingerprint density at radius 1 is 1.21 bits per heavy atom. The molecule has 19 heavy (non-hydrogen) atoms. The summed E-state index contributed by atoms with van der Waals surface area (Å²) in [5, 5.41) is 9.05. The summed E-state index contributed by atoms with van der Waals surface area (Å²) < 4.78 is 5.31. The molecule has 2 aliphatic rings. The van der Waals surface area contributed by atoms with Crippen molar-refractivity contribution in [1.82, 2.24) is 4.90 Å². The van der Waals surface area contributed by atoms with Crippen LogP contribution in [0.25, 0.3) is 0 Å². The first-order chi connectivity index (χ1) is 9.18. The maximum Gasteiger partial charge on any atom is 0.326 e. The van der Waals surface area contributed by atoms with Gasteiger partial charge in [0.05, 0.1) is 0 Å². The second-order valence-electron chi connectivity index (χ2n) is 5.53. The Kier molecular flexibility index (Phi) is 5.19. The molecule has 5 heteroatoms. The average molecular weight is 269 g/mol. The van der Waals surface area contributed by atoms with E-state index in [4.69, 9.17) is 9.84 Å². The molecule has 1 N–H and O–H groups in total. The van der Waals surface area contributed by atoms with Crippen molar-refractivity contribution in [3.05, 3.63) is 0 Å². The highest BCUT2D eigenvalue weighted by molar-refractivity contribution is 5.84. The van der Waals surface area contributed by atoms with Gasteiger partial charge in [-0.15, -0.1) is 0 Å². The molecule has 2 heterocycles. The number of carbonyl (C=O) groups excluding carboxylic acids is 1. The zero-order valence-electron chi connectivity index (χ0n) is 11.3. The summed E-state index contributed by atoms with van der Waals surface area (Å²) in [7, 11) is 0. The van der Waals surface area contributed by atoms with Gasteiger partial charge in [-0.25, -0.2) is 4.79 Å². The number of aliphatic carboxylic acids is 1. The van der Waals surface area contributed by atoms with Crippen LogP contribution in [0.2, 0.25) is 0 Å². The molecule has 2 aliphatic heterocycles. The Morgan fingerprint density at radius 2 is 1.95 bits per heavy atom. The van der Waals surface area contributed by atoms with Crippen LogP contribution in [0.4, 0.5) is 0 Å². The number of rotatable bonds is 5. The van der Waals surface area contributed by atoms with Crippen molar-refractivity contribution in [3.8, 4) is 0 Å². The fourth-order valence-corrected chi connectivity index (χ4v) is 3.04. The summed E-state index contributed by atoms with van der Waals surface area (Å²) in [6, 6.07) is -0.587. The second kappa shape index (κ2) is 6.89. The first-order valence-electron chi connectivity index (χ1n) is 7.28. The lowest BCUT2D eigenvalue weighted by molar-refractivity contribution is -0.148. The van der Waals surface area contributed by atoms with E-state index in [1.807, 2.05) is 0 Å². The van der Waals surface area contributed by atoms with E-state index < -0.39 is 12.0 Å². The highest BCUT2D eigenvalue weighted by Gasteiger charge is 2.33. The molecule has 2 rings (SSSR count). The number of amides is 1. The summed E-state index contributed by atoms with van der Waals surface area (Å²) >= 11 is 0. The SMILES string of the molecule is O=C(O)C1CCCN1C(=O)CCCC1CCOCC1. The topological polar surface area (TPSA) is 66.8 Å². The predicted molar refractivity (Wildman–Crippen MR) is 69.8 cm³/mol. The molecule has 0 bridgehead atoms. The monoisotopic (exact) mass is 269 g/mol. The van der Waals surface area contributed by atoms with Crippen LogP contribution < -0.4 is 0 Å². The van der Waals surface area contributed by atoms with Gasteiger partial charge in [0, 0.05) is 26.2 Å². The van der Waals surface area contributed by atoms with E-state index in [1.165, 1.54) is 0 Å². The van der Waals surface area contributed by atoms with E-state index in [0.29, 0.717) is 25.3 Å². The maximum atomic E-state index is 12.0. The summed E-state index contributed by atoms with van der Waals surface area (Å²) in [6.07, 6.45) is 6.00. The van der Waals surface area contributed by atoms with Crippen molar-refractivity contribution < 1.29 is 19.4 Å². The van der Waals surface area contributed by atoms with E-state index in [-0.39, 0.29) is 5.91 Å². The minimum atomic E-state index is -0.865. The summed E-state index contributed by atoms with van der Waals surface area (Å²) in [5.41, 5.74) is 0. The Morgan fingerprint density at radius 3 is 2.63 bits per heavy atom. The van der Waals surface area contributed by atoms with Crippen molar-refractivity contribution >= 4 is 11.9 Å². The summed E-state index contributed by atoms with van der Waals surface area (Å²) in [4.78, 5) is 24.6. The first-order valence-corrected chi connectivity index (χ1v) is 7.28. The van der Waals surface area contributed by atoms with Gasteiger partial charge in [0.15, 0.2) is 0 Å². The molecule has 0 spiro atoms. The lowest BCUT2D eigenvalue weighted by Crippen LogP contribution is -2.40. The molecule has 0 aromatic rings. The van der Waals surface area contributed by atoms with Crippen molar-refractivity contribution in [1.29, 1.82) is 0 Å². The normalized spacial score (nSPS) is 24.6. The van der Waals surface area contributed by atoms with Crippen LogP contribution in [-0.4, -0.2) is 47.7 Å². The fourth-order valence-electron chi connectivity index (χ4n) is 3.04. The van der Waals surface area contributed by atoms with Crippen LogP contribution in [0.3, 0.4) is 0 Å². The number of ether oxygens (including phenoxy) is 1. The summed E-state index contributed by atoms with van der Waals surface area (Å²) in [5.74, 6) is -0.178. The minimum Gasteiger partial charge on any atom is -0.480 e. The third-order valence-corrected chi connectivity index (χ3v) is 4.20. The number of carboxylic acid groups (broad SMARTS) is 1. The average Bonchev–Trinajstić information content (AvgIpc) is 2.89. The number of hydrogen-bond acceptors (Lipinski definition) is 3. The van der Waals surface area contributed by atoms with Gasteiger partial charge in [0.2, 0.25) is 5.91 Å². The zero-order valence-corrected chi connectivity index (χ0v) is 11.3. The molecule has 0 saturated carbocycles. The molecule has 1 atom stereocenters. The van der Waals surface area contributed by atoms with Crippen LogP contribution in [-0.2, 0) is 14.3 Å². The van der Waals surface area contributed by atoms with Gasteiger partial charge in [0.25, 0.3) is 0 Å². The largest absolute Gasteiger partial charge is 0.480 e. The molecule has 1 unspecified atom stereocenters. The van der Waals surface area contributed by atoms with E-state index in [2.05, 4.69) is 0 Å². The van der Waals surface area contributed by atoms with Crippen LogP contribution >= 0.6 is 0 Å². The van der Waals surface area contributed by atoms with Gasteiger partial charge >= 0.3 is 5.97 Å². The van der Waals surface area contributed by atoms with Crippen LogP contribution in [0.1, 0.15) is 44.9 Å². The van der Waals surface area contributed by atoms with Gasteiger partial charge < -0.3 is 14.7 Å². The maximum absolute atomic E-state index is 12.0. The van der Waals surface area contributed by atoms with Crippen LogP contribution in [0.5, 0.6) is 0 Å². The van der Waals surface area contributed by atoms with E-state index in [9.17, 15) is 9.59 Å². The zero-order chi connectivity index (χ0) is 13.7. The first kappa shape index (κ1) is 14.3. The Hall–Kier alpha value is -1.10. The predicted octanol–water partition coefficient (Wildman–Crippen LogP) is 1.66. The molecule has 2 fully saturated rings. The fraction of sp³-hybridized carbons (Fsp3) is 0.857. The molecular weight excluding hydrogens is 246 g/mol. The Labute approximate surface area is 113 Å². The van der Waals surface area contributed by atoms with Gasteiger partial charge in [-0.2, -0.15) is 0 Å². The smallest absolute Gasteiger partial charge is 0.326 e. The van der Waals surface area contributed by atoms with Crippen LogP contribution in [0.15, 0.2) is 0 Å². The standard InChI is InChI=1S/C14H23NO4/c16-13(15-8-2-4-12(15)14(17)18)5-1-3-11-6-9-19-10-7-11/h11-12H,1-10H2,(H,17,18). The van der Waals surface area contributed by atoms with E-state index >= 15 is 0 Å². The lowest BCUT2D eigenvalue weighted by Gasteiger charge is -2.23. The number of carbonyl (C=O) groups is 2. The van der Waals surface area contributed by atoms with Crippen LogP contribution in [0, 0.1) is 5.92 Å². The molecule has 0 aromatic carbocycles. The van der Waals surface area contributed by atoms with E-state index in [1.54, 1.807) is 4.90 Å². The molecule has 1 amide bonds. The molecule has 0 aliphatic carbocycles. The molecule has 2 saturated heterocycles. The minimum absolute atomic E-state index is 0.0111. The van der Waals surface area contributed by atoms with Gasteiger partial charge in [-0.05, 0) is 44.4 Å². The van der Waals surface area contributed by atoms with Gasteiger partial charge in [0.1, 0.15) is 6.04 Å². The molecular formula is C14H23NO4. The highest BCUT2D eigenvalue weighted by Crippen LogP contribution is 2.23. The number of carboxylic acids is 1. The van der Waals surface area contributed by atoms with E-state index in [0.717, 1.165) is 45.3 Å². The van der Waals surface area contributed by atoms with Gasteiger partial charge in [-0.1, -0.05) is 0 Å². The third-order valence-electron chi connectivity index (χ3n) is 4.20. The molecule has 0 aromatic heterocycles. The van der Waals surface area contributed by atoms with Crippen molar-refractivity contribution in [3.63, 3.8) is 0 Å². The number of hydrogen-bond donors (Lipinski definition) is 1. The summed E-state index contributed by atoms with van der Waals surface area (Å²) in [6.45, 7) is 2.28. The number of nitrogens with zero attached hydrogens (tertiary/aromatic N) is 1. The number of likely N-dealkylation sites (tertiary alicyclic amines) is 1. The molecule has 108 valence electrons. The van der Waals surface area contributed by atoms with Crippen molar-refractivity contribution in [2.45, 2.75) is 51.0 Å². The Balaban J connectivity index is 1.70. The molecule has 5 nitrogen and oxygen atoms in total. The molecule has 0 radical (unpaired) electrons. The van der Waals surface area contributed by atoms with Gasteiger partial charge in [-0.3, -0.25) is 4.79 Å².